The quantitative estimate of drug-likeness (QED) is 0.423. The number of piperidine rings is 1. The van der Waals surface area contributed by atoms with E-state index in [1.54, 1.807) is 53.9 Å². The molecule has 2 heterocycles. The third-order valence-corrected chi connectivity index (χ3v) is 8.59. The highest BCUT2D eigenvalue weighted by atomic mass is 32.2. The van der Waals surface area contributed by atoms with Crippen LogP contribution in [0.3, 0.4) is 0 Å². The van der Waals surface area contributed by atoms with E-state index in [1.165, 1.54) is 23.9 Å². The maximum Gasteiger partial charge on any atom is 0.243 e. The van der Waals surface area contributed by atoms with Gasteiger partial charge in [0, 0.05) is 38.4 Å². The molecule has 1 unspecified atom stereocenters. The fourth-order valence-electron chi connectivity index (χ4n) is 3.94. The van der Waals surface area contributed by atoms with Crippen LogP contribution >= 0.6 is 11.8 Å². The second kappa shape index (κ2) is 10.8. The van der Waals surface area contributed by atoms with E-state index >= 15 is 0 Å². The Morgan fingerprint density at radius 2 is 1.88 bits per heavy atom. The van der Waals surface area contributed by atoms with Crippen LogP contribution in [0.15, 0.2) is 64.6 Å². The first-order valence-electron chi connectivity index (χ1n) is 10.8. The van der Waals surface area contributed by atoms with Crippen LogP contribution < -0.4 is 0 Å². The summed E-state index contributed by atoms with van der Waals surface area (Å²) in [5.41, 5.74) is 0.988. The van der Waals surface area contributed by atoms with E-state index in [2.05, 4.69) is 10.2 Å². The zero-order chi connectivity index (χ0) is 23.3. The van der Waals surface area contributed by atoms with Crippen molar-refractivity contribution >= 4 is 21.8 Å². The molecular weight excluding hydrogens is 463 g/mol. The van der Waals surface area contributed by atoms with Crippen LogP contribution in [0.5, 0.6) is 0 Å². The summed E-state index contributed by atoms with van der Waals surface area (Å²) in [6.45, 7) is 1.93. The van der Waals surface area contributed by atoms with Crippen LogP contribution in [0.25, 0.3) is 0 Å². The Morgan fingerprint density at radius 3 is 2.61 bits per heavy atom. The Bertz CT molecular complexity index is 1150. The molecule has 1 fully saturated rings. The monoisotopic (exact) mass is 490 g/mol. The van der Waals surface area contributed by atoms with Crippen molar-refractivity contribution in [1.29, 1.82) is 0 Å². The van der Waals surface area contributed by atoms with E-state index in [4.69, 9.17) is 4.74 Å². The minimum Gasteiger partial charge on any atom is -0.383 e. The number of thioether (sulfide) groups is 1. The largest absolute Gasteiger partial charge is 0.383 e. The second-order valence-corrected chi connectivity index (χ2v) is 10.8. The Labute approximate surface area is 198 Å². The molecule has 2 aromatic carbocycles. The van der Waals surface area contributed by atoms with Gasteiger partial charge in [0.25, 0.3) is 0 Å². The van der Waals surface area contributed by atoms with Gasteiger partial charge in [-0.25, -0.2) is 12.8 Å². The summed E-state index contributed by atoms with van der Waals surface area (Å²) in [4.78, 5) is 0.307. The summed E-state index contributed by atoms with van der Waals surface area (Å²) in [6.07, 6.45) is 1.60. The van der Waals surface area contributed by atoms with E-state index < -0.39 is 10.0 Å². The standard InChI is InChI=1S/C23H27FN4O3S2/c1-31-15-14-28-22(25-26-23(28)32-17-18-9-11-20(24)12-10-18)19-6-5-13-27(16-19)33(29,30)21-7-3-2-4-8-21/h2-4,7-12,19H,5-6,13-17H2,1H3. The highest BCUT2D eigenvalue weighted by Gasteiger charge is 2.33. The molecule has 1 atom stereocenters. The number of benzene rings is 2. The van der Waals surface area contributed by atoms with Gasteiger partial charge in [0.2, 0.25) is 10.0 Å². The molecule has 0 bridgehead atoms. The minimum atomic E-state index is -3.56. The molecule has 0 spiro atoms. The van der Waals surface area contributed by atoms with Gasteiger partial charge < -0.3 is 9.30 Å². The van der Waals surface area contributed by atoms with E-state index in [1.807, 2.05) is 4.57 Å². The number of hydrogen-bond donors (Lipinski definition) is 0. The number of ether oxygens (including phenoxy) is 1. The van der Waals surface area contributed by atoms with Gasteiger partial charge in [0.1, 0.15) is 11.6 Å². The molecule has 0 saturated carbocycles. The Kier molecular flexibility index (Phi) is 7.79. The lowest BCUT2D eigenvalue weighted by atomic mass is 9.99. The summed E-state index contributed by atoms with van der Waals surface area (Å²) in [6, 6.07) is 14.9. The summed E-state index contributed by atoms with van der Waals surface area (Å²) in [7, 11) is -1.92. The summed E-state index contributed by atoms with van der Waals surface area (Å²) < 4.78 is 48.3. The highest BCUT2D eigenvalue weighted by Crippen LogP contribution is 2.32. The maximum absolute atomic E-state index is 13.2. The summed E-state index contributed by atoms with van der Waals surface area (Å²) in [5, 5.41) is 9.61. The molecule has 10 heteroatoms. The molecule has 176 valence electrons. The summed E-state index contributed by atoms with van der Waals surface area (Å²) >= 11 is 1.52. The average molecular weight is 491 g/mol. The van der Waals surface area contributed by atoms with Gasteiger partial charge >= 0.3 is 0 Å². The lowest BCUT2D eigenvalue weighted by molar-refractivity contribution is 0.182. The molecule has 0 radical (unpaired) electrons. The lowest BCUT2D eigenvalue weighted by Gasteiger charge is -2.31. The Balaban J connectivity index is 1.54. The second-order valence-electron chi connectivity index (χ2n) is 7.92. The molecule has 4 rings (SSSR count). The molecule has 0 aliphatic carbocycles. The van der Waals surface area contributed by atoms with Crippen molar-refractivity contribution in [2.45, 2.75) is 41.1 Å². The van der Waals surface area contributed by atoms with Crippen LogP contribution in [0.2, 0.25) is 0 Å². The van der Waals surface area contributed by atoms with Crippen molar-refractivity contribution in [2.75, 3.05) is 26.8 Å². The molecule has 33 heavy (non-hydrogen) atoms. The first-order chi connectivity index (χ1) is 16.0. The zero-order valence-electron chi connectivity index (χ0n) is 18.4. The van der Waals surface area contributed by atoms with E-state index in [9.17, 15) is 12.8 Å². The SMILES string of the molecule is COCCn1c(SCc2ccc(F)cc2)nnc1C1CCCN(S(=O)(=O)c2ccccc2)C1. The third-order valence-electron chi connectivity index (χ3n) is 5.68. The summed E-state index contributed by atoms with van der Waals surface area (Å²) in [5.74, 6) is 1.09. The molecule has 0 amide bonds. The van der Waals surface area contributed by atoms with Gasteiger partial charge in [-0.15, -0.1) is 10.2 Å². The van der Waals surface area contributed by atoms with Crippen molar-refractivity contribution in [3.63, 3.8) is 0 Å². The van der Waals surface area contributed by atoms with Crippen molar-refractivity contribution in [2.24, 2.45) is 0 Å². The third kappa shape index (κ3) is 5.63. The zero-order valence-corrected chi connectivity index (χ0v) is 20.1. The van der Waals surface area contributed by atoms with Crippen molar-refractivity contribution in [1.82, 2.24) is 19.1 Å². The van der Waals surface area contributed by atoms with Crippen molar-refractivity contribution in [3.05, 3.63) is 71.8 Å². The Morgan fingerprint density at radius 1 is 1.12 bits per heavy atom. The maximum atomic E-state index is 13.2. The molecular formula is C23H27FN4O3S2. The van der Waals surface area contributed by atoms with Gasteiger partial charge in [0.05, 0.1) is 11.5 Å². The number of rotatable bonds is 9. The number of aromatic nitrogens is 3. The molecule has 0 N–H and O–H groups in total. The van der Waals surface area contributed by atoms with Crippen LogP contribution in [0, 0.1) is 5.82 Å². The van der Waals surface area contributed by atoms with Gasteiger partial charge in [-0.3, -0.25) is 0 Å². The first-order valence-corrected chi connectivity index (χ1v) is 13.3. The number of hydrogen-bond acceptors (Lipinski definition) is 6. The number of sulfonamides is 1. The van der Waals surface area contributed by atoms with Gasteiger partial charge in [-0.2, -0.15) is 4.31 Å². The lowest BCUT2D eigenvalue weighted by Crippen LogP contribution is -2.39. The molecule has 1 aliphatic rings. The van der Waals surface area contributed by atoms with Crippen molar-refractivity contribution in [3.8, 4) is 0 Å². The molecule has 7 nitrogen and oxygen atoms in total. The van der Waals surface area contributed by atoms with Crippen molar-refractivity contribution < 1.29 is 17.5 Å². The van der Waals surface area contributed by atoms with Gasteiger partial charge in [-0.05, 0) is 42.7 Å². The number of halogens is 1. The topological polar surface area (TPSA) is 77.3 Å². The smallest absolute Gasteiger partial charge is 0.243 e. The molecule has 1 aromatic heterocycles. The highest BCUT2D eigenvalue weighted by molar-refractivity contribution is 7.98. The normalized spacial score (nSPS) is 17.3. The first kappa shape index (κ1) is 23.9. The van der Waals surface area contributed by atoms with Gasteiger partial charge in [-0.1, -0.05) is 42.1 Å². The minimum absolute atomic E-state index is 0.0539. The Hall–Kier alpha value is -2.27. The van der Waals surface area contributed by atoms with Crippen LogP contribution in [-0.4, -0.2) is 54.3 Å². The van der Waals surface area contributed by atoms with Crippen LogP contribution in [0.1, 0.15) is 30.1 Å². The predicted octanol–water partition coefficient (Wildman–Crippen LogP) is 3.92. The number of methoxy groups -OCH3 is 1. The van der Waals surface area contributed by atoms with Crippen LogP contribution in [-0.2, 0) is 27.1 Å². The molecule has 1 aliphatic heterocycles. The van der Waals surface area contributed by atoms with E-state index in [0.717, 1.165) is 29.4 Å². The fraction of sp³-hybridized carbons (Fsp3) is 0.391. The van der Waals surface area contributed by atoms with Crippen LogP contribution in [0.4, 0.5) is 4.39 Å². The van der Waals surface area contributed by atoms with Gasteiger partial charge in [0.15, 0.2) is 5.16 Å². The molecule has 1 saturated heterocycles. The molecule has 3 aromatic rings. The predicted molar refractivity (Wildman–Crippen MR) is 125 cm³/mol. The van der Waals surface area contributed by atoms with E-state index in [-0.39, 0.29) is 11.7 Å². The van der Waals surface area contributed by atoms with E-state index in [0.29, 0.717) is 36.9 Å². The average Bonchev–Trinajstić information content (AvgIpc) is 3.25. The fourth-order valence-corrected chi connectivity index (χ4v) is 6.42. The number of nitrogens with zero attached hydrogens (tertiary/aromatic N) is 4.